The van der Waals surface area contributed by atoms with Gasteiger partial charge in [-0.2, -0.15) is 0 Å². The van der Waals surface area contributed by atoms with E-state index in [1.165, 1.54) is 11.6 Å². The summed E-state index contributed by atoms with van der Waals surface area (Å²) in [6, 6.07) is 7.68. The SMILES string of the molecule is Cc1ccccc1OCc1c(C)oc2c(=O)n(C)c(=O)n(C)c12. The maximum atomic E-state index is 12.2. The summed E-state index contributed by atoms with van der Waals surface area (Å²) >= 11 is 0. The van der Waals surface area contributed by atoms with Crippen molar-refractivity contribution in [3.05, 3.63) is 62.0 Å². The molecule has 3 aromatic rings. The summed E-state index contributed by atoms with van der Waals surface area (Å²) in [6.45, 7) is 3.95. The smallest absolute Gasteiger partial charge is 0.331 e. The van der Waals surface area contributed by atoms with Crippen molar-refractivity contribution in [2.45, 2.75) is 20.5 Å². The quantitative estimate of drug-likeness (QED) is 0.742. The minimum absolute atomic E-state index is 0.176. The van der Waals surface area contributed by atoms with Crippen LogP contribution < -0.4 is 16.0 Å². The Labute approximate surface area is 132 Å². The van der Waals surface area contributed by atoms with E-state index in [0.717, 1.165) is 15.9 Å². The second-order valence-corrected chi connectivity index (χ2v) is 5.57. The van der Waals surface area contributed by atoms with E-state index in [9.17, 15) is 9.59 Å². The van der Waals surface area contributed by atoms with Crippen LogP contribution in [0.5, 0.6) is 5.75 Å². The molecule has 3 rings (SSSR count). The Kier molecular flexibility index (Phi) is 3.60. The number of nitrogens with zero attached hydrogens (tertiary/aromatic N) is 2. The molecule has 0 atom stereocenters. The van der Waals surface area contributed by atoms with Crippen molar-refractivity contribution in [1.29, 1.82) is 0 Å². The molecule has 2 heterocycles. The zero-order chi connectivity index (χ0) is 16.7. The summed E-state index contributed by atoms with van der Waals surface area (Å²) in [5.74, 6) is 1.34. The molecule has 0 radical (unpaired) electrons. The maximum Gasteiger partial charge on any atom is 0.331 e. The number of fused-ring (bicyclic) bond motifs is 1. The molecule has 0 saturated heterocycles. The fourth-order valence-electron chi connectivity index (χ4n) is 2.66. The molecule has 120 valence electrons. The van der Waals surface area contributed by atoms with Crippen LogP contribution in [0.3, 0.4) is 0 Å². The molecule has 6 heteroatoms. The van der Waals surface area contributed by atoms with Crippen molar-refractivity contribution in [2.24, 2.45) is 14.1 Å². The lowest BCUT2D eigenvalue weighted by Crippen LogP contribution is -2.36. The van der Waals surface area contributed by atoms with Crippen LogP contribution in [0.25, 0.3) is 11.1 Å². The van der Waals surface area contributed by atoms with Gasteiger partial charge in [-0.05, 0) is 25.5 Å². The average Bonchev–Trinajstić information content (AvgIpc) is 2.87. The summed E-state index contributed by atoms with van der Waals surface area (Å²) in [5.41, 5.74) is 1.57. The van der Waals surface area contributed by atoms with Crippen LogP contribution in [0.4, 0.5) is 0 Å². The number of para-hydroxylation sites is 1. The topological polar surface area (TPSA) is 66.4 Å². The fraction of sp³-hybridized carbons (Fsp3) is 0.294. The van der Waals surface area contributed by atoms with Gasteiger partial charge in [-0.25, -0.2) is 4.79 Å². The first kappa shape index (κ1) is 15.1. The van der Waals surface area contributed by atoms with Gasteiger partial charge in [-0.3, -0.25) is 13.9 Å². The van der Waals surface area contributed by atoms with Crippen LogP contribution in [0.1, 0.15) is 16.9 Å². The third-order valence-electron chi connectivity index (χ3n) is 4.05. The number of rotatable bonds is 3. The molecule has 0 unspecified atom stereocenters. The van der Waals surface area contributed by atoms with Gasteiger partial charge in [0.05, 0.1) is 5.56 Å². The molecule has 0 fully saturated rings. The Morgan fingerprint density at radius 1 is 1.09 bits per heavy atom. The number of hydrogen-bond donors (Lipinski definition) is 0. The van der Waals surface area contributed by atoms with Crippen molar-refractivity contribution in [3.8, 4) is 5.75 Å². The van der Waals surface area contributed by atoms with Gasteiger partial charge in [0, 0.05) is 14.1 Å². The fourth-order valence-corrected chi connectivity index (χ4v) is 2.66. The molecular formula is C17H18N2O4. The zero-order valence-corrected chi connectivity index (χ0v) is 13.5. The zero-order valence-electron chi connectivity index (χ0n) is 13.5. The summed E-state index contributed by atoms with van der Waals surface area (Å²) in [5, 5.41) is 0. The lowest BCUT2D eigenvalue weighted by molar-refractivity contribution is 0.302. The summed E-state index contributed by atoms with van der Waals surface area (Å²) in [6.07, 6.45) is 0. The number of furan rings is 1. The molecule has 0 bridgehead atoms. The third-order valence-corrected chi connectivity index (χ3v) is 4.05. The van der Waals surface area contributed by atoms with Gasteiger partial charge in [0.15, 0.2) is 0 Å². The second kappa shape index (κ2) is 5.46. The van der Waals surface area contributed by atoms with Crippen LogP contribution in [0.15, 0.2) is 38.3 Å². The molecule has 0 aliphatic carbocycles. The first-order valence-corrected chi connectivity index (χ1v) is 7.28. The van der Waals surface area contributed by atoms with Crippen molar-refractivity contribution >= 4 is 11.1 Å². The monoisotopic (exact) mass is 314 g/mol. The van der Waals surface area contributed by atoms with E-state index in [2.05, 4.69) is 0 Å². The highest BCUT2D eigenvalue weighted by Crippen LogP contribution is 2.24. The molecule has 6 nitrogen and oxygen atoms in total. The molecule has 23 heavy (non-hydrogen) atoms. The van der Waals surface area contributed by atoms with Crippen molar-refractivity contribution in [1.82, 2.24) is 9.13 Å². The Balaban J connectivity index is 2.12. The van der Waals surface area contributed by atoms with Gasteiger partial charge in [-0.15, -0.1) is 0 Å². The molecule has 0 amide bonds. The molecule has 0 N–H and O–H groups in total. The molecular weight excluding hydrogens is 296 g/mol. The molecule has 0 aliphatic rings. The number of ether oxygens (including phenoxy) is 1. The van der Waals surface area contributed by atoms with Crippen molar-refractivity contribution in [2.75, 3.05) is 0 Å². The first-order valence-electron chi connectivity index (χ1n) is 7.28. The highest BCUT2D eigenvalue weighted by molar-refractivity contribution is 5.77. The van der Waals surface area contributed by atoms with Gasteiger partial charge in [-0.1, -0.05) is 18.2 Å². The summed E-state index contributed by atoms with van der Waals surface area (Å²) in [7, 11) is 3.06. The minimum atomic E-state index is -0.437. The van der Waals surface area contributed by atoms with Gasteiger partial charge in [0.2, 0.25) is 5.58 Å². The normalized spacial score (nSPS) is 11.1. The van der Waals surface area contributed by atoms with Crippen molar-refractivity contribution < 1.29 is 9.15 Å². The molecule has 0 aliphatic heterocycles. The van der Waals surface area contributed by atoms with Crippen LogP contribution >= 0.6 is 0 Å². The van der Waals surface area contributed by atoms with Crippen molar-refractivity contribution in [3.63, 3.8) is 0 Å². The van der Waals surface area contributed by atoms with Crippen LogP contribution in [0, 0.1) is 13.8 Å². The molecule has 1 aromatic carbocycles. The lowest BCUT2D eigenvalue weighted by Gasteiger charge is -2.09. The Morgan fingerprint density at radius 3 is 2.48 bits per heavy atom. The predicted octanol–water partition coefficient (Wildman–Crippen LogP) is 2.03. The Morgan fingerprint density at radius 2 is 1.78 bits per heavy atom. The van der Waals surface area contributed by atoms with E-state index < -0.39 is 5.56 Å². The minimum Gasteiger partial charge on any atom is -0.488 e. The molecule has 2 aromatic heterocycles. The molecule has 0 spiro atoms. The van der Waals surface area contributed by atoms with Gasteiger partial charge >= 0.3 is 5.69 Å². The van der Waals surface area contributed by atoms with Gasteiger partial charge in [0.1, 0.15) is 23.6 Å². The van der Waals surface area contributed by atoms with E-state index in [1.807, 2.05) is 31.2 Å². The highest BCUT2D eigenvalue weighted by Gasteiger charge is 2.19. The predicted molar refractivity (Wildman–Crippen MR) is 86.9 cm³/mol. The largest absolute Gasteiger partial charge is 0.488 e. The van der Waals surface area contributed by atoms with E-state index in [-0.39, 0.29) is 17.9 Å². The van der Waals surface area contributed by atoms with Gasteiger partial charge < -0.3 is 9.15 Å². The van der Waals surface area contributed by atoms with E-state index >= 15 is 0 Å². The van der Waals surface area contributed by atoms with Crippen LogP contribution in [-0.4, -0.2) is 9.13 Å². The summed E-state index contributed by atoms with van der Waals surface area (Å²) < 4.78 is 13.9. The number of aromatic nitrogens is 2. The highest BCUT2D eigenvalue weighted by atomic mass is 16.5. The second-order valence-electron chi connectivity index (χ2n) is 5.57. The Bertz CT molecular complexity index is 1010. The van der Waals surface area contributed by atoms with E-state index in [0.29, 0.717) is 16.8 Å². The number of aryl methyl sites for hydroxylation is 3. The number of benzene rings is 1. The third kappa shape index (κ3) is 2.36. The molecule has 0 saturated carbocycles. The van der Waals surface area contributed by atoms with Crippen LogP contribution in [0.2, 0.25) is 0 Å². The first-order chi connectivity index (χ1) is 10.9. The summed E-state index contributed by atoms with van der Waals surface area (Å²) in [4.78, 5) is 24.3. The number of hydrogen-bond acceptors (Lipinski definition) is 4. The van der Waals surface area contributed by atoms with Crippen LogP contribution in [-0.2, 0) is 20.7 Å². The Hall–Kier alpha value is -2.76. The van der Waals surface area contributed by atoms with Gasteiger partial charge in [0.25, 0.3) is 5.56 Å². The van der Waals surface area contributed by atoms with E-state index in [1.54, 1.807) is 14.0 Å². The van der Waals surface area contributed by atoms with E-state index in [4.69, 9.17) is 9.15 Å². The lowest BCUT2D eigenvalue weighted by atomic mass is 10.2. The maximum absolute atomic E-state index is 12.2. The average molecular weight is 314 g/mol. The standard InChI is InChI=1S/C17H18N2O4/c1-10-7-5-6-8-13(10)22-9-12-11(2)23-15-14(12)18(3)17(21)19(4)16(15)20/h5-8H,9H2,1-4H3.